The molecule has 72 valence electrons. The van der Waals surface area contributed by atoms with Crippen molar-refractivity contribution in [2.24, 2.45) is 0 Å². The van der Waals surface area contributed by atoms with Gasteiger partial charge in [-0.3, -0.25) is 4.68 Å². The molecule has 4 nitrogen and oxygen atoms in total. The van der Waals surface area contributed by atoms with Crippen molar-refractivity contribution in [2.75, 3.05) is 0 Å². The average Bonchev–Trinajstić information content (AvgIpc) is 2.61. The van der Waals surface area contributed by atoms with E-state index in [9.17, 15) is 0 Å². The second-order valence-corrected chi connectivity index (χ2v) is 3.81. The zero-order chi connectivity index (χ0) is 9.97. The van der Waals surface area contributed by atoms with E-state index in [-0.39, 0.29) is 0 Å². The number of hydrogen-bond donors (Lipinski definition) is 0. The lowest BCUT2D eigenvalue weighted by molar-refractivity contribution is 0.655. The Bertz CT molecular complexity index is 424. The first-order valence-electron chi connectivity index (χ1n) is 4.30. The second-order valence-electron chi connectivity index (χ2n) is 2.78. The van der Waals surface area contributed by atoms with Gasteiger partial charge in [0.25, 0.3) is 0 Å². The van der Waals surface area contributed by atoms with Gasteiger partial charge in [0.05, 0.1) is 11.3 Å². The highest BCUT2D eigenvalue weighted by Gasteiger charge is 2.08. The first kappa shape index (κ1) is 9.57. The Balaban J connectivity index is 2.46. The third kappa shape index (κ3) is 1.77. The lowest BCUT2D eigenvalue weighted by Crippen LogP contribution is -1.93. The van der Waals surface area contributed by atoms with Crippen molar-refractivity contribution in [1.29, 1.82) is 0 Å². The summed E-state index contributed by atoms with van der Waals surface area (Å²) >= 11 is 2.22. The quantitative estimate of drug-likeness (QED) is 0.796. The van der Waals surface area contributed by atoms with Crippen molar-refractivity contribution >= 4 is 22.6 Å². The van der Waals surface area contributed by atoms with Gasteiger partial charge in [-0.25, -0.2) is 9.97 Å². The molecule has 0 amide bonds. The topological polar surface area (TPSA) is 43.6 Å². The highest BCUT2D eigenvalue weighted by Crippen LogP contribution is 2.21. The summed E-state index contributed by atoms with van der Waals surface area (Å²) in [7, 11) is 0. The predicted molar refractivity (Wildman–Crippen MR) is 61.6 cm³/mol. The summed E-state index contributed by atoms with van der Waals surface area (Å²) in [6, 6.07) is 1.89. The highest BCUT2D eigenvalue weighted by atomic mass is 127. The van der Waals surface area contributed by atoms with Gasteiger partial charge in [-0.2, -0.15) is 5.10 Å². The Morgan fingerprint density at radius 2 is 2.36 bits per heavy atom. The molecule has 2 aromatic rings. The maximum absolute atomic E-state index is 4.35. The fraction of sp³-hybridized carbons (Fsp3) is 0.222. The second kappa shape index (κ2) is 4.04. The van der Waals surface area contributed by atoms with Crippen LogP contribution in [-0.2, 0) is 6.54 Å². The Kier molecular flexibility index (Phi) is 2.76. The normalized spacial score (nSPS) is 10.4. The lowest BCUT2D eigenvalue weighted by atomic mass is 10.2. The summed E-state index contributed by atoms with van der Waals surface area (Å²) in [5.41, 5.74) is 1.99. The fourth-order valence-corrected chi connectivity index (χ4v) is 1.87. The monoisotopic (exact) mass is 300 g/mol. The molecule has 0 bridgehead atoms. The van der Waals surface area contributed by atoms with Crippen molar-refractivity contribution in [2.45, 2.75) is 13.5 Å². The largest absolute Gasteiger partial charge is 0.271 e. The molecule has 0 aromatic carbocycles. The smallest absolute Gasteiger partial charge is 0.132 e. The minimum Gasteiger partial charge on any atom is -0.271 e. The maximum Gasteiger partial charge on any atom is 0.132 e. The van der Waals surface area contributed by atoms with Crippen LogP contribution in [0.15, 0.2) is 24.8 Å². The number of nitrogens with zero attached hydrogens (tertiary/aromatic N) is 4. The Labute approximate surface area is 95.5 Å². The van der Waals surface area contributed by atoms with Gasteiger partial charge < -0.3 is 0 Å². The van der Waals surface area contributed by atoms with Gasteiger partial charge in [0.2, 0.25) is 0 Å². The van der Waals surface area contributed by atoms with E-state index < -0.39 is 0 Å². The SMILES string of the molecule is CCn1cc(-c2ccncn2)c(I)n1. The van der Waals surface area contributed by atoms with Crippen LogP contribution in [0.2, 0.25) is 0 Å². The summed E-state index contributed by atoms with van der Waals surface area (Å²) in [6.07, 6.45) is 5.29. The van der Waals surface area contributed by atoms with Crippen LogP contribution in [0.4, 0.5) is 0 Å². The molecular weight excluding hydrogens is 291 g/mol. The molecule has 0 saturated carbocycles. The van der Waals surface area contributed by atoms with Crippen LogP contribution in [0.3, 0.4) is 0 Å². The van der Waals surface area contributed by atoms with Crippen LogP contribution in [0.1, 0.15) is 6.92 Å². The summed E-state index contributed by atoms with van der Waals surface area (Å²) in [4.78, 5) is 8.07. The van der Waals surface area contributed by atoms with Crippen molar-refractivity contribution in [1.82, 2.24) is 19.7 Å². The molecule has 0 unspecified atom stereocenters. The van der Waals surface area contributed by atoms with E-state index in [1.165, 1.54) is 0 Å². The third-order valence-corrected chi connectivity index (χ3v) is 2.70. The van der Waals surface area contributed by atoms with Crippen LogP contribution >= 0.6 is 22.6 Å². The maximum atomic E-state index is 4.35. The van der Waals surface area contributed by atoms with E-state index in [1.807, 2.05) is 16.9 Å². The van der Waals surface area contributed by atoms with Crippen LogP contribution in [-0.4, -0.2) is 19.7 Å². The molecule has 0 N–H and O–H groups in total. The molecule has 2 aromatic heterocycles. The van der Waals surface area contributed by atoms with Crippen molar-refractivity contribution < 1.29 is 0 Å². The molecule has 2 rings (SSSR count). The van der Waals surface area contributed by atoms with Gasteiger partial charge in [0.1, 0.15) is 10.0 Å². The Hall–Kier alpha value is -0.980. The molecule has 0 aliphatic rings. The summed E-state index contributed by atoms with van der Waals surface area (Å²) in [5.74, 6) is 0. The predicted octanol–water partition coefficient (Wildman–Crippen LogP) is 1.96. The minimum absolute atomic E-state index is 0.876. The molecule has 0 atom stereocenters. The highest BCUT2D eigenvalue weighted by molar-refractivity contribution is 14.1. The molecule has 0 saturated heterocycles. The van der Waals surface area contributed by atoms with E-state index in [2.05, 4.69) is 44.6 Å². The van der Waals surface area contributed by atoms with E-state index in [4.69, 9.17) is 0 Å². The Morgan fingerprint density at radius 3 is 2.93 bits per heavy atom. The van der Waals surface area contributed by atoms with E-state index >= 15 is 0 Å². The fourth-order valence-electron chi connectivity index (χ4n) is 1.18. The molecule has 0 aliphatic carbocycles. The molecule has 0 fully saturated rings. The number of aromatic nitrogens is 4. The average molecular weight is 300 g/mol. The molecule has 5 heteroatoms. The zero-order valence-corrected chi connectivity index (χ0v) is 9.84. The van der Waals surface area contributed by atoms with Gasteiger partial charge in [-0.05, 0) is 35.6 Å². The van der Waals surface area contributed by atoms with E-state index in [0.29, 0.717) is 0 Å². The zero-order valence-electron chi connectivity index (χ0n) is 7.68. The van der Waals surface area contributed by atoms with Crippen molar-refractivity contribution in [3.05, 3.63) is 28.5 Å². The van der Waals surface area contributed by atoms with Gasteiger partial charge >= 0.3 is 0 Å². The standard InChI is InChI=1S/C9H9IN4/c1-2-14-5-7(9(10)13-14)8-3-4-11-6-12-8/h3-6H,2H2,1H3. The molecule has 14 heavy (non-hydrogen) atoms. The third-order valence-electron chi connectivity index (χ3n) is 1.90. The Morgan fingerprint density at radius 1 is 1.50 bits per heavy atom. The van der Waals surface area contributed by atoms with E-state index in [0.717, 1.165) is 21.5 Å². The van der Waals surface area contributed by atoms with E-state index in [1.54, 1.807) is 12.5 Å². The number of aryl methyl sites for hydroxylation is 1. The molecule has 2 heterocycles. The molecule has 0 radical (unpaired) electrons. The van der Waals surface area contributed by atoms with Gasteiger partial charge in [0.15, 0.2) is 0 Å². The number of hydrogen-bond acceptors (Lipinski definition) is 3. The van der Waals surface area contributed by atoms with Crippen LogP contribution < -0.4 is 0 Å². The van der Waals surface area contributed by atoms with Gasteiger partial charge in [0, 0.05) is 18.9 Å². The number of rotatable bonds is 2. The minimum atomic E-state index is 0.876. The molecule has 0 aliphatic heterocycles. The summed E-state index contributed by atoms with van der Waals surface area (Å²) < 4.78 is 2.88. The number of halogens is 1. The molecule has 0 spiro atoms. The van der Waals surface area contributed by atoms with Gasteiger partial charge in [-0.15, -0.1) is 0 Å². The first-order chi connectivity index (χ1) is 6.81. The van der Waals surface area contributed by atoms with Gasteiger partial charge in [-0.1, -0.05) is 0 Å². The van der Waals surface area contributed by atoms with Crippen molar-refractivity contribution in [3.63, 3.8) is 0 Å². The lowest BCUT2D eigenvalue weighted by Gasteiger charge is -1.94. The molecular formula is C9H9IN4. The van der Waals surface area contributed by atoms with Crippen molar-refractivity contribution in [3.8, 4) is 11.3 Å². The first-order valence-corrected chi connectivity index (χ1v) is 5.38. The van der Waals surface area contributed by atoms with Crippen LogP contribution in [0.25, 0.3) is 11.3 Å². The summed E-state index contributed by atoms with van der Waals surface area (Å²) in [5, 5.41) is 4.35. The summed E-state index contributed by atoms with van der Waals surface area (Å²) in [6.45, 7) is 2.94. The van der Waals surface area contributed by atoms with Crippen LogP contribution in [0, 0.1) is 3.70 Å². The van der Waals surface area contributed by atoms with Crippen LogP contribution in [0.5, 0.6) is 0 Å².